The van der Waals surface area contributed by atoms with Gasteiger partial charge in [-0.05, 0) is 47.9 Å². The highest BCUT2D eigenvalue weighted by Crippen LogP contribution is 2.33. The van der Waals surface area contributed by atoms with Crippen LogP contribution in [0.25, 0.3) is 11.3 Å². The molecule has 192 valence electrons. The second-order valence-electron chi connectivity index (χ2n) is 8.26. The van der Waals surface area contributed by atoms with E-state index in [1.165, 1.54) is 12.1 Å². The Bertz CT molecular complexity index is 1610. The van der Waals surface area contributed by atoms with Gasteiger partial charge in [0.15, 0.2) is 5.75 Å². The number of alkyl halides is 3. The van der Waals surface area contributed by atoms with Crippen molar-refractivity contribution in [2.45, 2.75) is 25.7 Å². The molecule has 1 aliphatic rings. The van der Waals surface area contributed by atoms with Gasteiger partial charge in [-0.3, -0.25) is 4.57 Å². The molecule has 0 spiro atoms. The molecule has 2 aromatic heterocycles. The average molecular weight is 521 g/mol. The van der Waals surface area contributed by atoms with Crippen molar-refractivity contribution in [2.75, 3.05) is 7.11 Å². The summed E-state index contributed by atoms with van der Waals surface area (Å²) >= 11 is 0. The molecule has 0 fully saturated rings. The topological polar surface area (TPSA) is 112 Å². The van der Waals surface area contributed by atoms with E-state index < -0.39 is 17.7 Å². The Morgan fingerprint density at radius 2 is 1.87 bits per heavy atom. The predicted octanol–water partition coefficient (Wildman–Crippen LogP) is 4.53. The highest BCUT2D eigenvalue weighted by atomic mass is 19.4. The molecule has 0 saturated carbocycles. The monoisotopic (exact) mass is 521 g/mol. The predicted molar refractivity (Wildman–Crippen MR) is 127 cm³/mol. The second-order valence-corrected chi connectivity index (χ2v) is 8.26. The van der Waals surface area contributed by atoms with Gasteiger partial charge in [0.05, 0.1) is 30.8 Å². The summed E-state index contributed by atoms with van der Waals surface area (Å²) in [5.74, 6) is -0.384. The number of benzene rings is 2. The highest BCUT2D eigenvalue weighted by Gasteiger charge is 2.34. The van der Waals surface area contributed by atoms with E-state index in [1.807, 2.05) is 24.3 Å². The smallest absolute Gasteiger partial charge is 0.451 e. The van der Waals surface area contributed by atoms with E-state index in [2.05, 4.69) is 15.0 Å². The van der Waals surface area contributed by atoms with E-state index in [0.29, 0.717) is 24.2 Å². The first-order valence-corrected chi connectivity index (χ1v) is 11.3. The molecular weight excluding hydrogens is 503 g/mol. The van der Waals surface area contributed by atoms with Gasteiger partial charge in [0.25, 0.3) is 0 Å². The summed E-state index contributed by atoms with van der Waals surface area (Å²) in [7, 11) is 1.60. The Morgan fingerprint density at radius 3 is 2.58 bits per heavy atom. The van der Waals surface area contributed by atoms with Gasteiger partial charge in [-0.1, -0.05) is 6.07 Å². The van der Waals surface area contributed by atoms with Gasteiger partial charge < -0.3 is 14.2 Å². The molecule has 0 atom stereocenters. The maximum Gasteiger partial charge on any atom is 0.451 e. The lowest BCUT2D eigenvalue weighted by atomic mass is 9.97. The van der Waals surface area contributed by atoms with E-state index in [1.54, 1.807) is 23.8 Å². The molecule has 3 heterocycles. The molecule has 0 N–H and O–H groups in total. The molecule has 0 saturated heterocycles. The largest absolute Gasteiger partial charge is 0.497 e. The van der Waals surface area contributed by atoms with Crippen molar-refractivity contribution in [3.8, 4) is 40.5 Å². The zero-order valence-corrected chi connectivity index (χ0v) is 19.8. The Balaban J connectivity index is 1.33. The molecule has 0 amide bonds. The fourth-order valence-electron chi connectivity index (χ4n) is 4.03. The lowest BCUT2D eigenvalue weighted by Crippen LogP contribution is -2.28. The van der Waals surface area contributed by atoms with Gasteiger partial charge in [-0.25, -0.2) is 14.8 Å². The van der Waals surface area contributed by atoms with Crippen molar-refractivity contribution in [1.29, 1.82) is 5.26 Å². The van der Waals surface area contributed by atoms with Gasteiger partial charge in [-0.2, -0.15) is 23.4 Å². The lowest BCUT2D eigenvalue weighted by Gasteiger charge is -2.22. The maximum absolute atomic E-state index is 12.7. The standard InChI is InChI=1S/C26H18F3N5O4/c1-36-18-3-4-20-16(9-18)6-7-34-21(20)10-23(33-25(34)35)37-14-15-2-5-22(17(8-15)11-30)38-19-12-31-24(32-13-19)26(27,28)29/h2-5,8-10,12-13H,6-7,14H2,1H3. The molecule has 9 nitrogen and oxygen atoms in total. The van der Waals surface area contributed by atoms with Crippen LogP contribution in [0.2, 0.25) is 0 Å². The molecule has 0 radical (unpaired) electrons. The zero-order valence-electron chi connectivity index (χ0n) is 19.8. The molecule has 4 aromatic rings. The molecule has 5 rings (SSSR count). The number of ether oxygens (including phenoxy) is 3. The minimum atomic E-state index is -4.67. The first-order valence-electron chi connectivity index (χ1n) is 11.3. The van der Waals surface area contributed by atoms with Gasteiger partial charge in [0.2, 0.25) is 11.7 Å². The summed E-state index contributed by atoms with van der Waals surface area (Å²) in [6, 6.07) is 13.9. The van der Waals surface area contributed by atoms with Gasteiger partial charge >= 0.3 is 11.9 Å². The minimum absolute atomic E-state index is 0.00368. The van der Waals surface area contributed by atoms with Gasteiger partial charge in [0, 0.05) is 18.2 Å². The summed E-state index contributed by atoms with van der Waals surface area (Å²) in [6.07, 6.45) is -2.25. The number of aryl methyl sites for hydroxylation is 1. The molecule has 0 aliphatic carbocycles. The van der Waals surface area contributed by atoms with Crippen LogP contribution in [0.15, 0.2) is 59.7 Å². The minimum Gasteiger partial charge on any atom is -0.497 e. The number of nitriles is 1. The van der Waals surface area contributed by atoms with Crippen LogP contribution in [0.3, 0.4) is 0 Å². The third kappa shape index (κ3) is 4.99. The Morgan fingerprint density at radius 1 is 1.08 bits per heavy atom. The van der Waals surface area contributed by atoms with Crippen molar-refractivity contribution >= 4 is 0 Å². The van der Waals surface area contributed by atoms with Crippen molar-refractivity contribution in [2.24, 2.45) is 0 Å². The number of methoxy groups -OCH3 is 1. The van der Waals surface area contributed by atoms with Crippen LogP contribution in [0.5, 0.6) is 23.1 Å². The van der Waals surface area contributed by atoms with Crippen molar-refractivity contribution in [3.63, 3.8) is 0 Å². The van der Waals surface area contributed by atoms with Gasteiger partial charge in [-0.15, -0.1) is 0 Å². The summed E-state index contributed by atoms with van der Waals surface area (Å²) in [4.78, 5) is 23.1. The van der Waals surface area contributed by atoms with E-state index >= 15 is 0 Å². The van der Waals surface area contributed by atoms with Gasteiger partial charge in [0.1, 0.15) is 24.2 Å². The van der Waals surface area contributed by atoms with Crippen LogP contribution in [0, 0.1) is 11.3 Å². The summed E-state index contributed by atoms with van der Waals surface area (Å²) in [5, 5.41) is 9.54. The number of aromatic nitrogens is 4. The number of halogens is 3. The third-order valence-electron chi connectivity index (χ3n) is 5.84. The quantitative estimate of drug-likeness (QED) is 0.364. The fourth-order valence-corrected chi connectivity index (χ4v) is 4.03. The van der Waals surface area contributed by atoms with Crippen LogP contribution in [0.1, 0.15) is 22.5 Å². The fraction of sp³-hybridized carbons (Fsp3) is 0.192. The highest BCUT2D eigenvalue weighted by molar-refractivity contribution is 5.67. The average Bonchev–Trinajstić information content (AvgIpc) is 2.91. The first-order chi connectivity index (χ1) is 18.2. The summed E-state index contributed by atoms with van der Waals surface area (Å²) < 4.78 is 56.1. The van der Waals surface area contributed by atoms with Crippen molar-refractivity contribution in [3.05, 3.63) is 87.9 Å². The Hall–Kier alpha value is -4.92. The summed E-state index contributed by atoms with van der Waals surface area (Å²) in [6.45, 7) is 0.488. The molecular formula is C26H18F3N5O4. The third-order valence-corrected chi connectivity index (χ3v) is 5.84. The van der Waals surface area contributed by atoms with E-state index in [0.717, 1.165) is 29.3 Å². The number of nitrogens with zero attached hydrogens (tertiary/aromatic N) is 5. The number of fused-ring (bicyclic) bond motifs is 3. The molecule has 12 heteroatoms. The van der Waals surface area contributed by atoms with Crippen LogP contribution < -0.4 is 19.9 Å². The van der Waals surface area contributed by atoms with Crippen molar-refractivity contribution < 1.29 is 27.4 Å². The van der Waals surface area contributed by atoms with E-state index in [-0.39, 0.29) is 29.5 Å². The normalized spacial score (nSPS) is 12.2. The maximum atomic E-state index is 12.7. The van der Waals surface area contributed by atoms with E-state index in [9.17, 15) is 23.2 Å². The Kier molecular flexibility index (Phi) is 6.42. The number of rotatable bonds is 6. The van der Waals surface area contributed by atoms with E-state index in [4.69, 9.17) is 14.2 Å². The Labute approximate surface area is 213 Å². The molecule has 0 bridgehead atoms. The summed E-state index contributed by atoms with van der Waals surface area (Å²) in [5.41, 5.74) is 2.90. The molecule has 1 aliphatic heterocycles. The second kappa shape index (κ2) is 9.85. The molecule has 2 aromatic carbocycles. The SMILES string of the molecule is COc1ccc2c(c1)CCn1c-2cc(OCc2ccc(Oc3cnc(C(F)(F)F)nc3)c(C#N)c2)nc1=O. The number of hydrogen-bond acceptors (Lipinski definition) is 8. The molecule has 0 unspecified atom stereocenters. The van der Waals surface area contributed by atoms with Crippen LogP contribution in [-0.4, -0.2) is 26.6 Å². The first kappa shape index (κ1) is 24.8. The lowest BCUT2D eigenvalue weighted by molar-refractivity contribution is -0.145. The zero-order chi connectivity index (χ0) is 26.9. The van der Waals surface area contributed by atoms with Crippen LogP contribution >= 0.6 is 0 Å². The molecule has 38 heavy (non-hydrogen) atoms. The van der Waals surface area contributed by atoms with Crippen LogP contribution in [0.4, 0.5) is 13.2 Å². The van der Waals surface area contributed by atoms with Crippen LogP contribution in [-0.2, 0) is 25.7 Å². The van der Waals surface area contributed by atoms with Crippen molar-refractivity contribution in [1.82, 2.24) is 19.5 Å². The number of hydrogen-bond donors (Lipinski definition) is 0.